The van der Waals surface area contributed by atoms with Gasteiger partial charge in [-0.3, -0.25) is 0 Å². The summed E-state index contributed by atoms with van der Waals surface area (Å²) in [6.07, 6.45) is 3.05. The molecule has 13 heavy (non-hydrogen) atoms. The Bertz CT molecular complexity index is 297. The van der Waals surface area contributed by atoms with Gasteiger partial charge >= 0.3 is 0 Å². The first-order valence-electron chi connectivity index (χ1n) is 4.83. The largest absolute Gasteiger partial charge is 0.103 e. The molecule has 1 aromatic rings. The van der Waals surface area contributed by atoms with Gasteiger partial charge in [0.2, 0.25) is 0 Å². The Morgan fingerprint density at radius 2 is 2.08 bits per heavy atom. The molecule has 0 aliphatic carbocycles. The van der Waals surface area contributed by atoms with Crippen LogP contribution in [-0.2, 0) is 0 Å². The number of aryl methyl sites for hydroxylation is 1. The minimum Gasteiger partial charge on any atom is -0.103 e. The lowest BCUT2D eigenvalue weighted by Crippen LogP contribution is -1.96. The van der Waals surface area contributed by atoms with E-state index in [4.69, 9.17) is 0 Å². The summed E-state index contributed by atoms with van der Waals surface area (Å²) in [4.78, 5) is 0. The van der Waals surface area contributed by atoms with Gasteiger partial charge in [-0.2, -0.15) is 0 Å². The molecular weight excluding hydrogens is 156 g/mol. The zero-order valence-electron chi connectivity index (χ0n) is 8.80. The third-order valence-electron chi connectivity index (χ3n) is 2.70. The predicted molar refractivity (Wildman–Crippen MR) is 59.1 cm³/mol. The zero-order chi connectivity index (χ0) is 9.84. The Balaban J connectivity index is 3.00. The van der Waals surface area contributed by atoms with Crippen LogP contribution in [0.2, 0.25) is 0 Å². The van der Waals surface area contributed by atoms with E-state index in [0.29, 0.717) is 5.92 Å². The van der Waals surface area contributed by atoms with Gasteiger partial charge in [-0.1, -0.05) is 31.2 Å². The van der Waals surface area contributed by atoms with Crippen molar-refractivity contribution in [2.75, 3.05) is 0 Å². The van der Waals surface area contributed by atoms with Crippen LogP contribution in [0.4, 0.5) is 0 Å². The topological polar surface area (TPSA) is 0 Å². The SMILES string of the molecule is C=CCC(C)c1cccc(C)c1C. The van der Waals surface area contributed by atoms with E-state index in [9.17, 15) is 0 Å². The Morgan fingerprint density at radius 3 is 2.69 bits per heavy atom. The van der Waals surface area contributed by atoms with Crippen molar-refractivity contribution in [2.45, 2.75) is 33.1 Å². The molecule has 1 atom stereocenters. The van der Waals surface area contributed by atoms with Gasteiger partial charge in [0.05, 0.1) is 0 Å². The molecule has 0 spiro atoms. The number of hydrogen-bond donors (Lipinski definition) is 0. The lowest BCUT2D eigenvalue weighted by atomic mass is 9.91. The van der Waals surface area contributed by atoms with Gasteiger partial charge in [-0.25, -0.2) is 0 Å². The second kappa shape index (κ2) is 4.27. The molecule has 0 saturated heterocycles. The number of benzene rings is 1. The van der Waals surface area contributed by atoms with Crippen LogP contribution < -0.4 is 0 Å². The van der Waals surface area contributed by atoms with E-state index in [1.54, 1.807) is 0 Å². The van der Waals surface area contributed by atoms with E-state index in [1.807, 2.05) is 6.08 Å². The molecule has 0 aromatic heterocycles. The van der Waals surface area contributed by atoms with Crippen molar-refractivity contribution >= 4 is 0 Å². The van der Waals surface area contributed by atoms with Crippen molar-refractivity contribution in [2.24, 2.45) is 0 Å². The minimum absolute atomic E-state index is 0.595. The number of rotatable bonds is 3. The number of allylic oxidation sites excluding steroid dienone is 1. The van der Waals surface area contributed by atoms with Crippen LogP contribution in [0.25, 0.3) is 0 Å². The molecule has 0 nitrogen and oxygen atoms in total. The predicted octanol–water partition coefficient (Wildman–Crippen LogP) is 3.98. The summed E-state index contributed by atoms with van der Waals surface area (Å²) in [6, 6.07) is 6.52. The Labute approximate surface area is 81.3 Å². The first kappa shape index (κ1) is 10.0. The summed E-state index contributed by atoms with van der Waals surface area (Å²) in [5, 5.41) is 0. The Kier molecular flexibility index (Phi) is 3.30. The molecule has 1 rings (SSSR count). The fraction of sp³-hybridized carbons (Fsp3) is 0.385. The van der Waals surface area contributed by atoms with Crippen molar-refractivity contribution in [3.63, 3.8) is 0 Å². The fourth-order valence-corrected chi connectivity index (χ4v) is 1.68. The molecule has 0 fully saturated rings. The van der Waals surface area contributed by atoms with Gasteiger partial charge < -0.3 is 0 Å². The van der Waals surface area contributed by atoms with Crippen LogP contribution >= 0.6 is 0 Å². The third kappa shape index (κ3) is 2.21. The summed E-state index contributed by atoms with van der Waals surface area (Å²) in [5.74, 6) is 0.595. The maximum absolute atomic E-state index is 3.78. The van der Waals surface area contributed by atoms with Crippen LogP contribution in [0, 0.1) is 13.8 Å². The molecule has 0 heterocycles. The van der Waals surface area contributed by atoms with Crippen LogP contribution in [0.15, 0.2) is 30.9 Å². The van der Waals surface area contributed by atoms with Gasteiger partial charge in [-0.15, -0.1) is 6.58 Å². The second-order valence-electron chi connectivity index (χ2n) is 3.71. The van der Waals surface area contributed by atoms with E-state index in [2.05, 4.69) is 45.5 Å². The van der Waals surface area contributed by atoms with Crippen LogP contribution in [-0.4, -0.2) is 0 Å². The normalized spacial score (nSPS) is 12.5. The molecule has 1 unspecified atom stereocenters. The smallest absolute Gasteiger partial charge is 0.0153 e. The van der Waals surface area contributed by atoms with Crippen molar-refractivity contribution in [1.29, 1.82) is 0 Å². The van der Waals surface area contributed by atoms with Crippen molar-refractivity contribution in [1.82, 2.24) is 0 Å². The summed E-state index contributed by atoms with van der Waals surface area (Å²) >= 11 is 0. The molecule has 0 aliphatic heterocycles. The molecule has 0 aliphatic rings. The lowest BCUT2D eigenvalue weighted by Gasteiger charge is -2.14. The van der Waals surface area contributed by atoms with Crippen molar-refractivity contribution in [3.8, 4) is 0 Å². The molecule has 1 aromatic carbocycles. The Morgan fingerprint density at radius 1 is 1.38 bits per heavy atom. The quantitative estimate of drug-likeness (QED) is 0.608. The first-order chi connectivity index (χ1) is 6.16. The maximum atomic E-state index is 3.78. The standard InChI is InChI=1S/C13H18/c1-5-7-11(3)13-9-6-8-10(2)12(13)4/h5-6,8-9,11H,1,7H2,2-4H3. The van der Waals surface area contributed by atoms with Crippen molar-refractivity contribution < 1.29 is 0 Å². The maximum Gasteiger partial charge on any atom is -0.0153 e. The lowest BCUT2D eigenvalue weighted by molar-refractivity contribution is 0.773. The van der Waals surface area contributed by atoms with Crippen molar-refractivity contribution in [3.05, 3.63) is 47.5 Å². The summed E-state index contributed by atoms with van der Waals surface area (Å²) in [5.41, 5.74) is 4.27. The molecule has 0 bridgehead atoms. The summed E-state index contributed by atoms with van der Waals surface area (Å²) in [6.45, 7) is 10.4. The second-order valence-corrected chi connectivity index (χ2v) is 3.71. The van der Waals surface area contributed by atoms with E-state index in [-0.39, 0.29) is 0 Å². The van der Waals surface area contributed by atoms with Gasteiger partial charge in [0.25, 0.3) is 0 Å². The molecule has 0 radical (unpaired) electrons. The van der Waals surface area contributed by atoms with Crippen LogP contribution in [0.3, 0.4) is 0 Å². The number of hydrogen-bond acceptors (Lipinski definition) is 0. The van der Waals surface area contributed by atoms with Gasteiger partial charge in [0.15, 0.2) is 0 Å². The highest BCUT2D eigenvalue weighted by molar-refractivity contribution is 5.35. The first-order valence-corrected chi connectivity index (χ1v) is 4.83. The molecule has 0 saturated carbocycles. The molecule has 0 heteroatoms. The van der Waals surface area contributed by atoms with E-state index < -0.39 is 0 Å². The van der Waals surface area contributed by atoms with Gasteiger partial charge in [-0.05, 0) is 42.9 Å². The fourth-order valence-electron chi connectivity index (χ4n) is 1.68. The summed E-state index contributed by atoms with van der Waals surface area (Å²) < 4.78 is 0. The van der Waals surface area contributed by atoms with Gasteiger partial charge in [0, 0.05) is 0 Å². The highest BCUT2D eigenvalue weighted by atomic mass is 14.1. The highest BCUT2D eigenvalue weighted by Crippen LogP contribution is 2.24. The highest BCUT2D eigenvalue weighted by Gasteiger charge is 2.07. The molecule has 0 amide bonds. The van der Waals surface area contributed by atoms with Crippen LogP contribution in [0.1, 0.15) is 36.0 Å². The third-order valence-corrected chi connectivity index (χ3v) is 2.70. The summed E-state index contributed by atoms with van der Waals surface area (Å²) in [7, 11) is 0. The average Bonchev–Trinajstić information content (AvgIpc) is 2.10. The average molecular weight is 174 g/mol. The monoisotopic (exact) mass is 174 g/mol. The molecular formula is C13H18. The van der Waals surface area contributed by atoms with Gasteiger partial charge in [0.1, 0.15) is 0 Å². The van der Waals surface area contributed by atoms with Crippen LogP contribution in [0.5, 0.6) is 0 Å². The van der Waals surface area contributed by atoms with E-state index >= 15 is 0 Å². The molecule has 0 N–H and O–H groups in total. The van der Waals surface area contributed by atoms with E-state index in [0.717, 1.165) is 6.42 Å². The van der Waals surface area contributed by atoms with E-state index in [1.165, 1.54) is 16.7 Å². The molecule has 70 valence electrons. The Hall–Kier alpha value is -1.04. The zero-order valence-corrected chi connectivity index (χ0v) is 8.80. The minimum atomic E-state index is 0.595.